The van der Waals surface area contributed by atoms with Crippen LogP contribution < -0.4 is 0 Å². The van der Waals surface area contributed by atoms with Crippen LogP contribution in [-0.4, -0.2) is 142 Å². The lowest BCUT2D eigenvalue weighted by Crippen LogP contribution is -2.61. The van der Waals surface area contributed by atoms with Crippen molar-refractivity contribution in [3.8, 4) is 0 Å². The minimum Gasteiger partial charge on any atom is -0.457 e. The Morgan fingerprint density at radius 2 is 0.833 bits per heavy atom. The van der Waals surface area contributed by atoms with Crippen molar-refractivity contribution in [1.29, 1.82) is 0 Å². The van der Waals surface area contributed by atoms with Crippen molar-refractivity contribution in [2.24, 2.45) is 0 Å². The highest BCUT2D eigenvalue weighted by Crippen LogP contribution is 2.27. The summed E-state index contributed by atoms with van der Waals surface area (Å²) in [7, 11) is 0. The standard InChI is InChI=1S/C64H116O14/c1-3-5-7-9-11-13-15-17-19-21-23-24-25-26-27-28-29-31-33-35-37-39-41-43-45-47-56(66)76-53(50-73-48-46-44-42-40-38-36-34-32-30-22-20-18-16-14-12-10-8-6-4-2)51-74-63-62(72)60(70)58(68)55(78-63)52-75-64-61(71)59(69)57(67)54(49-65)77-64/h5,7,11,13,17,19,23-24,53-55,57-65,67-72H,3-4,6,8-10,12,14-16,18,20-22,25-52H2,1-2H3/b7-5-,13-11-,19-17-,24-23-. The van der Waals surface area contributed by atoms with Gasteiger partial charge in [-0.15, -0.1) is 0 Å². The molecule has 0 radical (unpaired) electrons. The molecule has 11 unspecified atom stereocenters. The van der Waals surface area contributed by atoms with Crippen LogP contribution in [0.5, 0.6) is 0 Å². The summed E-state index contributed by atoms with van der Waals surface area (Å²) < 4.78 is 34.5. The van der Waals surface area contributed by atoms with Crippen LogP contribution in [0.15, 0.2) is 48.6 Å². The van der Waals surface area contributed by atoms with E-state index in [0.717, 1.165) is 70.6 Å². The number of esters is 1. The second-order valence-corrected chi connectivity index (χ2v) is 22.2. The van der Waals surface area contributed by atoms with E-state index in [0.29, 0.717) is 13.0 Å². The van der Waals surface area contributed by atoms with E-state index in [-0.39, 0.29) is 25.6 Å². The van der Waals surface area contributed by atoms with Crippen molar-refractivity contribution in [2.75, 3.05) is 33.0 Å². The molecule has 0 amide bonds. The third-order valence-electron chi connectivity index (χ3n) is 15.1. The van der Waals surface area contributed by atoms with Gasteiger partial charge in [0.15, 0.2) is 12.6 Å². The van der Waals surface area contributed by atoms with Gasteiger partial charge in [0, 0.05) is 13.0 Å². The Balaban J connectivity index is 1.67. The van der Waals surface area contributed by atoms with Gasteiger partial charge in [-0.1, -0.05) is 242 Å². The second-order valence-electron chi connectivity index (χ2n) is 22.2. The third-order valence-corrected chi connectivity index (χ3v) is 15.1. The van der Waals surface area contributed by atoms with Gasteiger partial charge < -0.3 is 64.2 Å². The maximum atomic E-state index is 13.1. The molecule has 7 N–H and O–H groups in total. The zero-order valence-corrected chi connectivity index (χ0v) is 49.2. The Morgan fingerprint density at radius 3 is 1.31 bits per heavy atom. The summed E-state index contributed by atoms with van der Waals surface area (Å²) >= 11 is 0. The van der Waals surface area contributed by atoms with Crippen molar-refractivity contribution >= 4 is 5.97 Å². The maximum absolute atomic E-state index is 13.1. The van der Waals surface area contributed by atoms with Crippen LogP contribution in [0.3, 0.4) is 0 Å². The molecule has 0 saturated carbocycles. The van der Waals surface area contributed by atoms with Gasteiger partial charge in [-0.3, -0.25) is 4.79 Å². The van der Waals surface area contributed by atoms with Gasteiger partial charge in [0.2, 0.25) is 0 Å². The molecule has 0 aromatic heterocycles. The topological polar surface area (TPSA) is 214 Å². The lowest BCUT2D eigenvalue weighted by Gasteiger charge is -2.42. The number of ether oxygens (including phenoxy) is 6. The average Bonchev–Trinajstić information content (AvgIpc) is 3.44. The number of carbonyl (C=O) groups excluding carboxylic acids is 1. The van der Waals surface area contributed by atoms with Crippen LogP contribution >= 0.6 is 0 Å². The van der Waals surface area contributed by atoms with Gasteiger partial charge in [-0.25, -0.2) is 0 Å². The van der Waals surface area contributed by atoms with Gasteiger partial charge in [0.25, 0.3) is 0 Å². The Hall–Kier alpha value is -2.05. The van der Waals surface area contributed by atoms with E-state index >= 15 is 0 Å². The summed E-state index contributed by atoms with van der Waals surface area (Å²) in [5.41, 5.74) is 0. The van der Waals surface area contributed by atoms with E-state index < -0.39 is 80.7 Å². The molecule has 14 heteroatoms. The van der Waals surface area contributed by atoms with Crippen LogP contribution in [-0.2, 0) is 33.2 Å². The lowest BCUT2D eigenvalue weighted by molar-refractivity contribution is -0.332. The van der Waals surface area contributed by atoms with Crippen LogP contribution in [0.1, 0.15) is 251 Å². The van der Waals surface area contributed by atoms with Crippen molar-refractivity contribution < 1.29 is 69.0 Å². The molecule has 456 valence electrons. The SMILES string of the molecule is CC/C=C\C/C=C\C/C=C\C/C=C\CCCCCCCCCCCCCCC(=O)OC(COCCCCCCCCCCCCCCCCCCCCC)COC1OC(COC2OC(CO)C(O)C(O)C2O)C(O)C(O)C1O. The number of hydrogen-bond acceptors (Lipinski definition) is 14. The third kappa shape index (κ3) is 36.4. The Labute approximate surface area is 473 Å². The predicted molar refractivity (Wildman–Crippen MR) is 312 cm³/mol. The smallest absolute Gasteiger partial charge is 0.306 e. The van der Waals surface area contributed by atoms with Gasteiger partial charge in [0.05, 0.1) is 26.4 Å². The number of carbonyl (C=O) groups is 1. The molecule has 0 aromatic rings. The van der Waals surface area contributed by atoms with Crippen LogP contribution in [0, 0.1) is 0 Å². The molecule has 2 aliphatic rings. The molecule has 0 aliphatic carbocycles. The van der Waals surface area contributed by atoms with Crippen molar-refractivity contribution in [3.63, 3.8) is 0 Å². The van der Waals surface area contributed by atoms with Gasteiger partial charge in [-0.2, -0.15) is 0 Å². The number of aliphatic hydroxyl groups excluding tert-OH is 7. The first-order valence-corrected chi connectivity index (χ1v) is 31.7. The predicted octanol–water partition coefficient (Wildman–Crippen LogP) is 12.3. The normalized spacial score (nSPS) is 24.4. The van der Waals surface area contributed by atoms with Gasteiger partial charge >= 0.3 is 5.97 Å². The summed E-state index contributed by atoms with van der Waals surface area (Å²) in [6.45, 7) is 3.63. The molecule has 78 heavy (non-hydrogen) atoms. The summed E-state index contributed by atoms with van der Waals surface area (Å²) in [6.07, 6.45) is 46.0. The highest BCUT2D eigenvalue weighted by Gasteiger charge is 2.47. The Kier molecular flexibility index (Phi) is 46.8. The van der Waals surface area contributed by atoms with E-state index in [1.165, 1.54) is 154 Å². The largest absolute Gasteiger partial charge is 0.457 e. The number of allylic oxidation sites excluding steroid dienone is 8. The molecule has 2 heterocycles. The Morgan fingerprint density at radius 1 is 0.436 bits per heavy atom. The van der Waals surface area contributed by atoms with E-state index in [1.807, 2.05) is 0 Å². The minimum atomic E-state index is -1.71. The molecule has 0 bridgehead atoms. The van der Waals surface area contributed by atoms with E-state index in [4.69, 9.17) is 28.4 Å². The summed E-state index contributed by atoms with van der Waals surface area (Å²) in [4.78, 5) is 13.1. The van der Waals surface area contributed by atoms with Gasteiger partial charge in [-0.05, 0) is 51.4 Å². The molecule has 0 aromatic carbocycles. The van der Waals surface area contributed by atoms with Crippen LogP contribution in [0.2, 0.25) is 0 Å². The first kappa shape index (κ1) is 72.1. The number of hydrogen-bond donors (Lipinski definition) is 7. The molecule has 14 nitrogen and oxygen atoms in total. The van der Waals surface area contributed by atoms with Crippen molar-refractivity contribution in [1.82, 2.24) is 0 Å². The summed E-state index contributed by atoms with van der Waals surface area (Å²) in [5, 5.41) is 72.5. The zero-order chi connectivity index (χ0) is 56.5. The average molecular weight is 1110 g/mol. The molecule has 2 rings (SSSR count). The monoisotopic (exact) mass is 1110 g/mol. The molecular weight excluding hydrogens is 993 g/mol. The first-order chi connectivity index (χ1) is 38.1. The molecule has 0 spiro atoms. The number of unbranched alkanes of at least 4 members (excludes halogenated alkanes) is 30. The summed E-state index contributed by atoms with van der Waals surface area (Å²) in [5.74, 6) is -0.375. The summed E-state index contributed by atoms with van der Waals surface area (Å²) in [6, 6.07) is 0. The number of rotatable bonds is 52. The number of aliphatic hydroxyl groups is 7. The molecule has 11 atom stereocenters. The minimum absolute atomic E-state index is 0.0639. The molecule has 2 aliphatic heterocycles. The maximum Gasteiger partial charge on any atom is 0.306 e. The van der Waals surface area contributed by atoms with Crippen LogP contribution in [0.4, 0.5) is 0 Å². The molecule has 2 saturated heterocycles. The quantitative estimate of drug-likeness (QED) is 0.0172. The molecular formula is C64H116O14. The first-order valence-electron chi connectivity index (χ1n) is 31.7. The fraction of sp³-hybridized carbons (Fsp3) is 0.859. The fourth-order valence-corrected chi connectivity index (χ4v) is 10.0. The molecule has 2 fully saturated rings. The van der Waals surface area contributed by atoms with E-state index in [1.54, 1.807) is 0 Å². The second kappa shape index (κ2) is 50.7. The van der Waals surface area contributed by atoms with E-state index in [9.17, 15) is 40.5 Å². The van der Waals surface area contributed by atoms with Crippen molar-refractivity contribution in [3.05, 3.63) is 48.6 Å². The highest BCUT2D eigenvalue weighted by atomic mass is 16.7. The van der Waals surface area contributed by atoms with Crippen LogP contribution in [0.25, 0.3) is 0 Å². The van der Waals surface area contributed by atoms with Crippen molar-refractivity contribution in [2.45, 2.75) is 319 Å². The van der Waals surface area contributed by atoms with E-state index in [2.05, 4.69) is 62.5 Å². The zero-order valence-electron chi connectivity index (χ0n) is 49.2. The highest BCUT2D eigenvalue weighted by molar-refractivity contribution is 5.69. The fourth-order valence-electron chi connectivity index (χ4n) is 10.0. The lowest BCUT2D eigenvalue weighted by atomic mass is 9.98. The Bertz CT molecular complexity index is 1470. The van der Waals surface area contributed by atoms with Gasteiger partial charge in [0.1, 0.15) is 54.9 Å².